The van der Waals surface area contributed by atoms with Crippen molar-refractivity contribution in [2.75, 3.05) is 13.7 Å². The van der Waals surface area contributed by atoms with Crippen molar-refractivity contribution in [3.8, 4) is 0 Å². The molecular weight excluding hydrogens is 603 g/mol. The van der Waals surface area contributed by atoms with Gasteiger partial charge >= 0.3 is 27.2 Å². The van der Waals surface area contributed by atoms with E-state index in [9.17, 15) is 4.79 Å². The number of hydrogen-bond donors (Lipinski definition) is 5. The van der Waals surface area contributed by atoms with Gasteiger partial charge in [0.05, 0.1) is 12.1 Å². The van der Waals surface area contributed by atoms with Crippen LogP contribution < -0.4 is 24.7 Å². The summed E-state index contributed by atoms with van der Waals surface area (Å²) in [7, 11) is 1.00. The number of carboxylic acid groups (broad SMARTS) is 1. The van der Waals surface area contributed by atoms with E-state index in [2.05, 4.69) is 40.1 Å². The van der Waals surface area contributed by atoms with E-state index in [1.165, 1.54) is 16.2 Å². The van der Waals surface area contributed by atoms with Crippen molar-refractivity contribution in [2.24, 2.45) is 0 Å². The van der Waals surface area contributed by atoms with Crippen LogP contribution in [0, 0.1) is 10.1 Å². The molecule has 0 aliphatic carbocycles. The van der Waals surface area contributed by atoms with Gasteiger partial charge in [-0.3, -0.25) is 4.98 Å². The van der Waals surface area contributed by atoms with Gasteiger partial charge < -0.3 is 44.9 Å². The molecule has 0 unspecified atom stereocenters. The van der Waals surface area contributed by atoms with Crippen LogP contribution in [-0.2, 0) is 25.8 Å². The molecule has 0 bridgehead atoms. The summed E-state index contributed by atoms with van der Waals surface area (Å²) in [6.07, 6.45) is 0.718. The second-order valence-electron chi connectivity index (χ2n) is 4.30. The van der Waals surface area contributed by atoms with Crippen LogP contribution in [-0.4, -0.2) is 45.4 Å². The van der Waals surface area contributed by atoms with Crippen LogP contribution in [0.1, 0.15) is 6.92 Å². The van der Waals surface area contributed by atoms with Gasteiger partial charge in [0.15, 0.2) is 0 Å². The molecule has 0 saturated heterocycles. The maximum absolute atomic E-state index is 9.38. The predicted octanol–water partition coefficient (Wildman–Crippen LogP) is 0.675. The summed E-state index contributed by atoms with van der Waals surface area (Å²) in [4.78, 5) is 22.1. The molecule has 0 aliphatic rings. The van der Waals surface area contributed by atoms with E-state index in [4.69, 9.17) is 25.5 Å². The third-order valence-electron chi connectivity index (χ3n) is 2.77. The van der Waals surface area contributed by atoms with E-state index < -0.39 is 11.2 Å². The fourth-order valence-electron chi connectivity index (χ4n) is 1.93. The Labute approximate surface area is 194 Å². The molecule has 11 nitrogen and oxygen atoms in total. The summed E-state index contributed by atoms with van der Waals surface area (Å²) < 4.78 is 3.96. The van der Waals surface area contributed by atoms with Gasteiger partial charge in [0.25, 0.3) is 5.09 Å². The Balaban J connectivity index is -0.000000113. The van der Waals surface area contributed by atoms with Gasteiger partial charge in [-0.2, -0.15) is 0 Å². The number of halogens is 1. The second-order valence-corrected chi connectivity index (χ2v) is 4.30. The van der Waals surface area contributed by atoms with Gasteiger partial charge in [0, 0.05) is 24.1 Å². The molecule has 1 heterocycles. The predicted molar refractivity (Wildman–Crippen MR) is 106 cm³/mol. The van der Waals surface area contributed by atoms with Gasteiger partial charge in [-0.05, 0) is 18.4 Å². The van der Waals surface area contributed by atoms with Crippen LogP contribution in [0.15, 0.2) is 54.7 Å². The van der Waals surface area contributed by atoms with Crippen LogP contribution in [0.2, 0.25) is 0 Å². The summed E-state index contributed by atoms with van der Waals surface area (Å²) in [5, 5.41) is 32.0. The molecule has 0 amide bonds. The number of rotatable bonds is 1. The van der Waals surface area contributed by atoms with Crippen molar-refractivity contribution in [3.05, 3.63) is 64.8 Å². The molecule has 0 radical (unpaired) electrons. The third kappa shape index (κ3) is 15.4. The molecule has 170 valence electrons. The summed E-state index contributed by atoms with van der Waals surface area (Å²) in [6.45, 7) is 1.85. The van der Waals surface area contributed by atoms with Gasteiger partial charge in [-0.25, -0.2) is 4.79 Å². The number of aromatic nitrogens is 1. The minimum Gasteiger partial charge on any atom is -1.00 e. The SMILES string of the molecule is CCOC(=O)O.CO.N.N.O=[N+]([O-])O.[Cl-].[Pt+4].c1ccc2c(c1)cnc1ccccc12. The zero-order chi connectivity index (χ0) is 19.9. The zero-order valence-corrected chi connectivity index (χ0v) is 19.4. The molecule has 13 heteroatoms. The van der Waals surface area contributed by atoms with Crippen molar-refractivity contribution in [1.29, 1.82) is 0 Å². The number of pyridine rings is 1. The number of nitrogens with zero attached hydrogens (tertiary/aromatic N) is 2. The summed E-state index contributed by atoms with van der Waals surface area (Å²) in [6, 6.07) is 16.6. The molecule has 1 aromatic heterocycles. The number of carbonyl (C=O) groups is 1. The number of benzene rings is 2. The molecule has 9 N–H and O–H groups in total. The van der Waals surface area contributed by atoms with Crippen LogP contribution in [0.4, 0.5) is 4.79 Å². The first-order valence-electron chi connectivity index (χ1n) is 7.32. The Morgan fingerprint density at radius 3 is 1.93 bits per heavy atom. The zero-order valence-electron chi connectivity index (χ0n) is 16.4. The quantitative estimate of drug-likeness (QED) is 0.110. The maximum Gasteiger partial charge on any atom is 4.00 e. The van der Waals surface area contributed by atoms with Crippen molar-refractivity contribution >= 4 is 27.8 Å². The van der Waals surface area contributed by atoms with E-state index in [1.807, 2.05) is 24.4 Å². The number of aliphatic hydroxyl groups excluding tert-OH is 1. The number of para-hydroxylation sites is 1. The summed E-state index contributed by atoms with van der Waals surface area (Å²) >= 11 is 0. The largest absolute Gasteiger partial charge is 4.00 e. The van der Waals surface area contributed by atoms with E-state index >= 15 is 0 Å². The topological polar surface area (TPSA) is 213 Å². The van der Waals surface area contributed by atoms with Crippen molar-refractivity contribution in [1.82, 2.24) is 17.3 Å². The maximum atomic E-state index is 9.38. The summed E-state index contributed by atoms with van der Waals surface area (Å²) in [5.41, 5.74) is 1.06. The first-order valence-corrected chi connectivity index (χ1v) is 7.32. The van der Waals surface area contributed by atoms with Crippen LogP contribution in [0.5, 0.6) is 0 Å². The van der Waals surface area contributed by atoms with E-state index in [-0.39, 0.29) is 52.4 Å². The van der Waals surface area contributed by atoms with Crippen LogP contribution in [0.3, 0.4) is 0 Å². The Morgan fingerprint density at radius 1 is 1.07 bits per heavy atom. The number of ether oxygens (including phenoxy) is 1. The van der Waals surface area contributed by atoms with E-state index in [1.54, 1.807) is 6.92 Å². The molecule has 3 aromatic rings. The number of hydrogen-bond acceptors (Lipinski definition) is 8. The van der Waals surface area contributed by atoms with Crippen LogP contribution in [0.25, 0.3) is 21.7 Å². The Morgan fingerprint density at radius 2 is 1.50 bits per heavy atom. The number of fused-ring (bicyclic) bond motifs is 3. The average Bonchev–Trinajstić information content (AvgIpc) is 2.63. The van der Waals surface area contributed by atoms with Crippen molar-refractivity contribution in [2.45, 2.75) is 6.92 Å². The Bertz CT molecular complexity index is 784. The Hall–Kier alpha value is -2.56. The fourth-order valence-corrected chi connectivity index (χ4v) is 1.93. The number of aliphatic hydroxyl groups is 1. The molecule has 0 spiro atoms. The third-order valence-corrected chi connectivity index (χ3v) is 2.77. The van der Waals surface area contributed by atoms with Crippen LogP contribution >= 0.6 is 0 Å². The van der Waals surface area contributed by atoms with E-state index in [0.29, 0.717) is 0 Å². The summed E-state index contributed by atoms with van der Waals surface area (Å²) in [5.74, 6) is 0. The normalized spacial score (nSPS) is 7.57. The molecule has 30 heavy (non-hydrogen) atoms. The first kappa shape index (κ1) is 38.1. The first-order chi connectivity index (χ1) is 12.5. The minimum atomic E-state index is -1.50. The minimum absolute atomic E-state index is 0. The molecule has 0 aliphatic heterocycles. The molecule has 0 fully saturated rings. The standard InChI is InChI=1S/C13H9N.C3H6O3.CH4O.ClH.HNO3.2H3N.Pt/c1-2-6-11-10(5-1)9-14-13-8-4-3-7-12(11)13;1-2-6-3(4)5;1-2;;2-1(3)4;;;/h1-9H;2H2,1H3,(H,4,5);2H,1H3;1H;(H,2,3,4);2*1H3;/q;;;;;;;+4/p-1. The monoisotopic (exact) mass is 628 g/mol. The van der Waals surface area contributed by atoms with Crippen molar-refractivity contribution < 1.29 is 63.5 Å². The van der Waals surface area contributed by atoms with Gasteiger partial charge in [-0.1, -0.05) is 42.5 Å². The molecular formula is C17H26ClN4O7Pt+3. The van der Waals surface area contributed by atoms with Gasteiger partial charge in [0.1, 0.15) is 0 Å². The Kier molecular flexibility index (Phi) is 28.9. The van der Waals surface area contributed by atoms with Gasteiger partial charge in [-0.15, -0.1) is 10.1 Å². The average molecular weight is 629 g/mol. The van der Waals surface area contributed by atoms with E-state index in [0.717, 1.165) is 12.6 Å². The van der Waals surface area contributed by atoms with Gasteiger partial charge in [0.2, 0.25) is 0 Å². The second kappa shape index (κ2) is 22.7. The molecule has 2 aromatic carbocycles. The molecule has 3 rings (SSSR count). The fraction of sp³-hybridized carbons (Fsp3) is 0.176. The molecule has 0 saturated carbocycles. The molecule has 0 atom stereocenters. The smallest absolute Gasteiger partial charge is 1.00 e. The van der Waals surface area contributed by atoms with Crippen molar-refractivity contribution in [3.63, 3.8) is 0 Å².